The molecule has 0 aliphatic heterocycles. The summed E-state index contributed by atoms with van der Waals surface area (Å²) < 4.78 is 0. The van der Waals surface area contributed by atoms with E-state index in [9.17, 15) is 4.79 Å². The first-order valence-corrected chi connectivity index (χ1v) is 6.77. The van der Waals surface area contributed by atoms with Gasteiger partial charge in [-0.1, -0.05) is 60.7 Å². The van der Waals surface area contributed by atoms with Gasteiger partial charge in [-0.25, -0.2) is 4.98 Å². The van der Waals surface area contributed by atoms with Crippen LogP contribution < -0.4 is 0 Å². The number of carbonyl (C=O) groups excluding carboxylic acids is 1. The minimum atomic E-state index is -0.0206. The van der Waals surface area contributed by atoms with Crippen molar-refractivity contribution in [2.75, 3.05) is 0 Å². The molecule has 2 aromatic carbocycles. The molecular weight excluding hydrogens is 254 g/mol. The lowest BCUT2D eigenvalue weighted by atomic mass is 10.1. The number of rotatable bonds is 3. The minimum absolute atomic E-state index is 0.0206. The molecule has 3 aromatic rings. The predicted octanol–water partition coefficient (Wildman–Crippen LogP) is 4.04. The van der Waals surface area contributed by atoms with E-state index in [2.05, 4.69) is 4.98 Å². The van der Waals surface area contributed by atoms with Gasteiger partial charge in [-0.15, -0.1) is 11.3 Å². The number of benzene rings is 2. The van der Waals surface area contributed by atoms with Crippen LogP contribution in [0.2, 0.25) is 0 Å². The maximum absolute atomic E-state index is 12.2. The monoisotopic (exact) mass is 265 g/mol. The molecule has 0 atom stereocenters. The Bertz CT molecular complexity index is 689. The zero-order chi connectivity index (χ0) is 13.1. The molecule has 0 aliphatic rings. The summed E-state index contributed by atoms with van der Waals surface area (Å²) in [6, 6.07) is 19.2. The van der Waals surface area contributed by atoms with Crippen LogP contribution in [0.15, 0.2) is 66.9 Å². The van der Waals surface area contributed by atoms with Crippen LogP contribution in [-0.2, 0) is 0 Å². The fraction of sp³-hybridized carbons (Fsp3) is 0. The van der Waals surface area contributed by atoms with Gasteiger partial charge in [-0.05, 0) is 5.56 Å². The Morgan fingerprint density at radius 1 is 0.895 bits per heavy atom. The van der Waals surface area contributed by atoms with E-state index in [-0.39, 0.29) is 5.78 Å². The molecular formula is C16H11NOS. The molecule has 0 radical (unpaired) electrons. The maximum Gasteiger partial charge on any atom is 0.221 e. The summed E-state index contributed by atoms with van der Waals surface area (Å²) in [7, 11) is 0. The quantitative estimate of drug-likeness (QED) is 0.669. The van der Waals surface area contributed by atoms with E-state index in [0.717, 1.165) is 10.4 Å². The summed E-state index contributed by atoms with van der Waals surface area (Å²) in [5.74, 6) is -0.0206. The van der Waals surface area contributed by atoms with Gasteiger partial charge in [0.25, 0.3) is 0 Å². The fourth-order valence-corrected chi connectivity index (χ4v) is 2.71. The first-order valence-electron chi connectivity index (χ1n) is 5.95. The normalized spacial score (nSPS) is 10.3. The van der Waals surface area contributed by atoms with Crippen molar-refractivity contribution >= 4 is 17.1 Å². The summed E-state index contributed by atoms with van der Waals surface area (Å²) in [6.45, 7) is 0. The largest absolute Gasteiger partial charge is 0.286 e. The van der Waals surface area contributed by atoms with Gasteiger partial charge in [-0.3, -0.25) is 4.79 Å². The standard InChI is InChI=1S/C16H11NOS/c18-15(13-9-5-2-6-10-13)16-17-11-14(19-16)12-7-3-1-4-8-12/h1-11H. The van der Waals surface area contributed by atoms with Crippen LogP contribution in [0.4, 0.5) is 0 Å². The average Bonchev–Trinajstić information content (AvgIpc) is 2.98. The third-order valence-corrected chi connectivity index (χ3v) is 3.84. The van der Waals surface area contributed by atoms with E-state index in [1.165, 1.54) is 11.3 Å². The van der Waals surface area contributed by atoms with Gasteiger partial charge in [-0.2, -0.15) is 0 Å². The molecule has 3 rings (SSSR count). The highest BCUT2D eigenvalue weighted by atomic mass is 32.1. The van der Waals surface area contributed by atoms with Crippen molar-refractivity contribution < 1.29 is 4.79 Å². The highest BCUT2D eigenvalue weighted by Crippen LogP contribution is 2.26. The van der Waals surface area contributed by atoms with Gasteiger partial charge in [0.15, 0.2) is 5.01 Å². The fourth-order valence-electron chi connectivity index (χ4n) is 1.83. The lowest BCUT2D eigenvalue weighted by molar-refractivity contribution is 0.103. The Morgan fingerprint density at radius 3 is 2.21 bits per heavy atom. The first kappa shape index (κ1) is 11.8. The highest BCUT2D eigenvalue weighted by molar-refractivity contribution is 7.17. The van der Waals surface area contributed by atoms with E-state index in [1.807, 2.05) is 60.7 Å². The Labute approximate surface area is 115 Å². The van der Waals surface area contributed by atoms with Gasteiger partial charge in [0.1, 0.15) is 0 Å². The molecule has 92 valence electrons. The molecule has 0 spiro atoms. The molecule has 0 unspecified atom stereocenters. The summed E-state index contributed by atoms with van der Waals surface area (Å²) in [6.07, 6.45) is 1.76. The van der Waals surface area contributed by atoms with Crippen molar-refractivity contribution in [3.8, 4) is 10.4 Å². The van der Waals surface area contributed by atoms with Crippen LogP contribution >= 0.6 is 11.3 Å². The van der Waals surface area contributed by atoms with E-state index in [1.54, 1.807) is 6.20 Å². The van der Waals surface area contributed by atoms with Crippen LogP contribution in [0.5, 0.6) is 0 Å². The molecule has 0 bridgehead atoms. The molecule has 0 N–H and O–H groups in total. The van der Waals surface area contributed by atoms with Crippen molar-refractivity contribution in [2.24, 2.45) is 0 Å². The van der Waals surface area contributed by atoms with Crippen molar-refractivity contribution in [1.29, 1.82) is 0 Å². The topological polar surface area (TPSA) is 30.0 Å². The molecule has 0 aliphatic carbocycles. The number of aromatic nitrogens is 1. The SMILES string of the molecule is O=C(c1ccccc1)c1ncc(-c2ccccc2)s1. The van der Waals surface area contributed by atoms with Crippen LogP contribution in [0.1, 0.15) is 15.4 Å². The molecule has 2 nitrogen and oxygen atoms in total. The Morgan fingerprint density at radius 2 is 1.53 bits per heavy atom. The zero-order valence-corrected chi connectivity index (χ0v) is 10.9. The number of ketones is 1. The highest BCUT2D eigenvalue weighted by Gasteiger charge is 2.13. The van der Waals surface area contributed by atoms with E-state index >= 15 is 0 Å². The number of hydrogen-bond donors (Lipinski definition) is 0. The summed E-state index contributed by atoms with van der Waals surface area (Å²) in [4.78, 5) is 17.5. The molecule has 1 heterocycles. The van der Waals surface area contributed by atoms with Gasteiger partial charge in [0.05, 0.1) is 4.88 Å². The second-order valence-corrected chi connectivity index (χ2v) is 5.12. The number of carbonyl (C=O) groups is 1. The van der Waals surface area contributed by atoms with E-state index in [0.29, 0.717) is 10.6 Å². The van der Waals surface area contributed by atoms with Crippen molar-refractivity contribution in [3.05, 3.63) is 77.4 Å². The van der Waals surface area contributed by atoms with Gasteiger partial charge < -0.3 is 0 Å². The molecule has 0 fully saturated rings. The number of hydrogen-bond acceptors (Lipinski definition) is 3. The van der Waals surface area contributed by atoms with Crippen molar-refractivity contribution in [3.63, 3.8) is 0 Å². The van der Waals surface area contributed by atoms with E-state index < -0.39 is 0 Å². The van der Waals surface area contributed by atoms with E-state index in [4.69, 9.17) is 0 Å². The zero-order valence-electron chi connectivity index (χ0n) is 10.1. The predicted molar refractivity (Wildman–Crippen MR) is 77.4 cm³/mol. The van der Waals surface area contributed by atoms with Crippen LogP contribution in [0.25, 0.3) is 10.4 Å². The minimum Gasteiger partial charge on any atom is -0.286 e. The smallest absolute Gasteiger partial charge is 0.221 e. The molecule has 1 aromatic heterocycles. The second kappa shape index (κ2) is 5.16. The number of thiazole rings is 1. The Hall–Kier alpha value is -2.26. The van der Waals surface area contributed by atoms with Gasteiger partial charge in [0, 0.05) is 11.8 Å². The molecule has 0 amide bonds. The summed E-state index contributed by atoms with van der Waals surface area (Å²) >= 11 is 1.43. The van der Waals surface area contributed by atoms with Crippen molar-refractivity contribution in [1.82, 2.24) is 4.98 Å². The number of nitrogens with zero attached hydrogens (tertiary/aromatic N) is 1. The maximum atomic E-state index is 12.2. The first-order chi connectivity index (χ1) is 9.34. The molecule has 19 heavy (non-hydrogen) atoms. The summed E-state index contributed by atoms with van der Waals surface area (Å²) in [5.41, 5.74) is 1.77. The lowest BCUT2D eigenvalue weighted by Crippen LogP contribution is -1.99. The second-order valence-electron chi connectivity index (χ2n) is 4.09. The Balaban J connectivity index is 1.92. The molecule has 0 saturated heterocycles. The van der Waals surface area contributed by atoms with Gasteiger partial charge in [0.2, 0.25) is 5.78 Å². The van der Waals surface area contributed by atoms with Gasteiger partial charge >= 0.3 is 0 Å². The molecule has 3 heteroatoms. The molecule has 0 saturated carbocycles. The summed E-state index contributed by atoms with van der Waals surface area (Å²) in [5, 5.41) is 0.532. The van der Waals surface area contributed by atoms with Crippen LogP contribution in [0, 0.1) is 0 Å². The third-order valence-electron chi connectivity index (χ3n) is 2.79. The average molecular weight is 265 g/mol. The Kier molecular flexibility index (Phi) is 3.21. The van der Waals surface area contributed by atoms with Crippen LogP contribution in [-0.4, -0.2) is 10.8 Å². The van der Waals surface area contributed by atoms with Crippen LogP contribution in [0.3, 0.4) is 0 Å². The van der Waals surface area contributed by atoms with Crippen molar-refractivity contribution in [2.45, 2.75) is 0 Å². The lowest BCUT2D eigenvalue weighted by Gasteiger charge is -1.96. The third kappa shape index (κ3) is 2.46.